The predicted molar refractivity (Wildman–Crippen MR) is 56.3 cm³/mol. The van der Waals surface area contributed by atoms with Gasteiger partial charge in [-0.05, 0) is 12.1 Å². The van der Waals surface area contributed by atoms with E-state index in [-0.39, 0.29) is 11.5 Å². The zero-order chi connectivity index (χ0) is 10.6. The third-order valence-electron chi connectivity index (χ3n) is 1.81. The summed E-state index contributed by atoms with van der Waals surface area (Å²) >= 11 is 3.30. The Kier molecular flexibility index (Phi) is 3.88. The number of methoxy groups -OCH3 is 1. The Morgan fingerprint density at radius 2 is 2.29 bits per heavy atom. The SMILES string of the molecule is COc1cc(Br)ccc1CC[N+](=O)[O-]. The van der Waals surface area contributed by atoms with E-state index < -0.39 is 0 Å². The maximum atomic E-state index is 10.2. The van der Waals surface area contributed by atoms with E-state index in [9.17, 15) is 10.1 Å². The van der Waals surface area contributed by atoms with E-state index in [2.05, 4.69) is 15.9 Å². The Balaban J connectivity index is 2.80. The molecule has 1 rings (SSSR count). The van der Waals surface area contributed by atoms with Gasteiger partial charge in [-0.3, -0.25) is 10.1 Å². The Labute approximate surface area is 90.2 Å². The van der Waals surface area contributed by atoms with Crippen LogP contribution in [0.4, 0.5) is 0 Å². The lowest BCUT2D eigenvalue weighted by molar-refractivity contribution is -0.479. The average Bonchev–Trinajstić information content (AvgIpc) is 2.15. The zero-order valence-corrected chi connectivity index (χ0v) is 9.28. The van der Waals surface area contributed by atoms with E-state index in [0.717, 1.165) is 10.0 Å². The van der Waals surface area contributed by atoms with Gasteiger partial charge in [-0.15, -0.1) is 0 Å². The smallest absolute Gasteiger partial charge is 0.208 e. The number of benzene rings is 1. The van der Waals surface area contributed by atoms with Gasteiger partial charge in [-0.25, -0.2) is 0 Å². The molecule has 0 spiro atoms. The summed E-state index contributed by atoms with van der Waals surface area (Å²) < 4.78 is 6.01. The first kappa shape index (κ1) is 11.0. The number of nitro groups is 1. The fourth-order valence-electron chi connectivity index (χ4n) is 1.14. The quantitative estimate of drug-likeness (QED) is 0.616. The first-order valence-corrected chi connectivity index (χ1v) is 4.87. The van der Waals surface area contributed by atoms with Gasteiger partial charge < -0.3 is 4.74 Å². The molecule has 1 aromatic carbocycles. The molecule has 1 aromatic rings. The molecule has 5 heteroatoms. The molecule has 0 N–H and O–H groups in total. The fraction of sp³-hybridized carbons (Fsp3) is 0.333. The van der Waals surface area contributed by atoms with Crippen molar-refractivity contribution in [3.8, 4) is 5.75 Å². The van der Waals surface area contributed by atoms with Crippen LogP contribution in [0.2, 0.25) is 0 Å². The standard InChI is InChI=1S/C9H10BrNO3/c1-14-9-6-8(10)3-2-7(9)4-5-11(12)13/h2-3,6H,4-5H2,1H3. The van der Waals surface area contributed by atoms with Gasteiger partial charge in [0.1, 0.15) is 5.75 Å². The van der Waals surface area contributed by atoms with Gasteiger partial charge in [0.2, 0.25) is 6.54 Å². The van der Waals surface area contributed by atoms with Crippen LogP contribution in [0, 0.1) is 10.1 Å². The highest BCUT2D eigenvalue weighted by Gasteiger charge is 2.06. The summed E-state index contributed by atoms with van der Waals surface area (Å²) in [6.07, 6.45) is 0.392. The highest BCUT2D eigenvalue weighted by atomic mass is 79.9. The summed E-state index contributed by atoms with van der Waals surface area (Å²) in [5.41, 5.74) is 0.854. The van der Waals surface area contributed by atoms with E-state index >= 15 is 0 Å². The van der Waals surface area contributed by atoms with Gasteiger partial charge in [0.15, 0.2) is 0 Å². The molecule has 0 heterocycles. The van der Waals surface area contributed by atoms with E-state index in [0.29, 0.717) is 12.2 Å². The van der Waals surface area contributed by atoms with Crippen molar-refractivity contribution in [2.24, 2.45) is 0 Å². The van der Waals surface area contributed by atoms with Crippen molar-refractivity contribution in [2.45, 2.75) is 6.42 Å². The molecule has 0 fully saturated rings. The average molecular weight is 260 g/mol. The highest BCUT2D eigenvalue weighted by Crippen LogP contribution is 2.23. The lowest BCUT2D eigenvalue weighted by atomic mass is 10.1. The number of ether oxygens (including phenoxy) is 1. The normalized spacial score (nSPS) is 9.86. The fourth-order valence-corrected chi connectivity index (χ4v) is 1.48. The molecule has 0 aliphatic rings. The predicted octanol–water partition coefficient (Wildman–Crippen LogP) is 2.28. The summed E-state index contributed by atoms with van der Waals surface area (Å²) in [7, 11) is 1.55. The van der Waals surface area contributed by atoms with Crippen molar-refractivity contribution in [1.29, 1.82) is 0 Å². The minimum absolute atomic E-state index is 0.0714. The Morgan fingerprint density at radius 1 is 1.57 bits per heavy atom. The molecule has 0 saturated heterocycles. The van der Waals surface area contributed by atoms with Crippen LogP contribution in [0.15, 0.2) is 22.7 Å². The second-order valence-corrected chi connectivity index (χ2v) is 3.68. The van der Waals surface area contributed by atoms with Crippen LogP contribution in [0.1, 0.15) is 5.56 Å². The van der Waals surface area contributed by atoms with Crippen molar-refractivity contribution in [3.05, 3.63) is 38.3 Å². The molecule has 0 unspecified atom stereocenters. The molecule has 0 atom stereocenters. The molecule has 0 aliphatic carbocycles. The first-order valence-electron chi connectivity index (χ1n) is 4.07. The van der Waals surface area contributed by atoms with Crippen molar-refractivity contribution in [2.75, 3.05) is 13.7 Å². The molecule has 14 heavy (non-hydrogen) atoms. The number of hydrogen-bond acceptors (Lipinski definition) is 3. The second kappa shape index (κ2) is 4.95. The summed E-state index contributed by atoms with van der Waals surface area (Å²) in [4.78, 5) is 9.86. The monoisotopic (exact) mass is 259 g/mol. The molecule has 0 aromatic heterocycles. The van der Waals surface area contributed by atoms with Gasteiger partial charge in [0.05, 0.1) is 7.11 Å². The van der Waals surface area contributed by atoms with E-state index in [1.54, 1.807) is 13.2 Å². The molecule has 0 radical (unpaired) electrons. The Hall–Kier alpha value is -1.10. The first-order chi connectivity index (χ1) is 6.63. The van der Waals surface area contributed by atoms with Crippen molar-refractivity contribution in [3.63, 3.8) is 0 Å². The van der Waals surface area contributed by atoms with Gasteiger partial charge in [-0.2, -0.15) is 0 Å². The topological polar surface area (TPSA) is 52.4 Å². The van der Waals surface area contributed by atoms with Crippen LogP contribution < -0.4 is 4.74 Å². The minimum Gasteiger partial charge on any atom is -0.496 e. The lowest BCUT2D eigenvalue weighted by Crippen LogP contribution is -2.05. The zero-order valence-electron chi connectivity index (χ0n) is 7.70. The van der Waals surface area contributed by atoms with Crippen LogP contribution in [0.5, 0.6) is 5.75 Å². The Bertz CT molecular complexity index is 341. The highest BCUT2D eigenvalue weighted by molar-refractivity contribution is 9.10. The van der Waals surface area contributed by atoms with Crippen LogP contribution in [-0.2, 0) is 6.42 Å². The molecule has 0 bridgehead atoms. The minimum atomic E-state index is -0.332. The maximum absolute atomic E-state index is 10.2. The van der Waals surface area contributed by atoms with E-state index in [4.69, 9.17) is 4.74 Å². The maximum Gasteiger partial charge on any atom is 0.208 e. The van der Waals surface area contributed by atoms with E-state index in [1.807, 2.05) is 12.1 Å². The van der Waals surface area contributed by atoms with Crippen molar-refractivity contribution >= 4 is 15.9 Å². The van der Waals surface area contributed by atoms with Crippen LogP contribution >= 0.6 is 15.9 Å². The number of rotatable bonds is 4. The molecular formula is C9H10BrNO3. The third-order valence-corrected chi connectivity index (χ3v) is 2.31. The Morgan fingerprint density at radius 3 is 2.86 bits per heavy atom. The van der Waals surface area contributed by atoms with Crippen molar-refractivity contribution in [1.82, 2.24) is 0 Å². The molecular weight excluding hydrogens is 250 g/mol. The molecule has 76 valence electrons. The summed E-state index contributed by atoms with van der Waals surface area (Å²) in [5, 5.41) is 10.2. The number of hydrogen-bond donors (Lipinski definition) is 0. The van der Waals surface area contributed by atoms with Gasteiger partial charge in [0.25, 0.3) is 0 Å². The molecule has 0 amide bonds. The lowest BCUT2D eigenvalue weighted by Gasteiger charge is -2.06. The number of nitrogens with zero attached hydrogens (tertiary/aromatic N) is 1. The molecule has 0 aliphatic heterocycles. The third kappa shape index (κ3) is 2.99. The summed E-state index contributed by atoms with van der Waals surface area (Å²) in [6.45, 7) is -0.0714. The molecule has 4 nitrogen and oxygen atoms in total. The van der Waals surface area contributed by atoms with Gasteiger partial charge >= 0.3 is 0 Å². The number of halogens is 1. The van der Waals surface area contributed by atoms with E-state index in [1.165, 1.54) is 0 Å². The van der Waals surface area contributed by atoms with Crippen LogP contribution in [0.25, 0.3) is 0 Å². The van der Waals surface area contributed by atoms with Gasteiger partial charge in [0, 0.05) is 21.4 Å². The second-order valence-electron chi connectivity index (χ2n) is 2.76. The summed E-state index contributed by atoms with van der Waals surface area (Å²) in [5.74, 6) is 0.682. The summed E-state index contributed by atoms with van der Waals surface area (Å²) in [6, 6.07) is 5.47. The molecule has 0 saturated carbocycles. The largest absolute Gasteiger partial charge is 0.496 e. The van der Waals surface area contributed by atoms with Crippen molar-refractivity contribution < 1.29 is 9.66 Å². The van der Waals surface area contributed by atoms with Crippen LogP contribution in [-0.4, -0.2) is 18.6 Å². The van der Waals surface area contributed by atoms with Gasteiger partial charge in [-0.1, -0.05) is 22.0 Å². The van der Waals surface area contributed by atoms with Crippen LogP contribution in [0.3, 0.4) is 0 Å².